The summed E-state index contributed by atoms with van der Waals surface area (Å²) in [5.74, 6) is 0.0951. The minimum atomic E-state index is 0.0951. The Balaban J connectivity index is 2.26. The van der Waals surface area contributed by atoms with Gasteiger partial charge in [0.25, 0.3) is 0 Å². The number of carbonyl (C=O) groups excluding carboxylic acids is 1. The summed E-state index contributed by atoms with van der Waals surface area (Å²) in [6, 6.07) is 17.1. The zero-order valence-corrected chi connectivity index (χ0v) is 15.1. The van der Waals surface area contributed by atoms with Crippen molar-refractivity contribution in [2.75, 3.05) is 19.6 Å². The Morgan fingerprint density at radius 3 is 2.21 bits per heavy atom. The molecule has 0 saturated heterocycles. The van der Waals surface area contributed by atoms with Crippen molar-refractivity contribution in [3.63, 3.8) is 0 Å². The van der Waals surface area contributed by atoms with Gasteiger partial charge in [-0.3, -0.25) is 4.79 Å². The largest absolute Gasteiger partial charge is 0.304 e. The smallest absolute Gasteiger partial charge is 0.189 e. The lowest BCUT2D eigenvalue weighted by molar-refractivity contribution is 0.102. The van der Waals surface area contributed by atoms with Gasteiger partial charge >= 0.3 is 0 Å². The van der Waals surface area contributed by atoms with Crippen LogP contribution in [0.25, 0.3) is 6.08 Å². The minimum Gasteiger partial charge on any atom is -0.304 e. The van der Waals surface area contributed by atoms with Gasteiger partial charge < -0.3 is 4.90 Å². The second kappa shape index (κ2) is 9.41. The molecule has 2 aromatic carbocycles. The van der Waals surface area contributed by atoms with E-state index < -0.39 is 0 Å². The Morgan fingerprint density at radius 1 is 1.00 bits per heavy atom. The predicted octanol–water partition coefficient (Wildman–Crippen LogP) is 5.34. The maximum absolute atomic E-state index is 12.9. The van der Waals surface area contributed by atoms with E-state index in [4.69, 9.17) is 11.6 Å². The molecule has 0 aliphatic heterocycles. The van der Waals surface area contributed by atoms with Gasteiger partial charge in [0.05, 0.1) is 0 Å². The second-order valence-corrected chi connectivity index (χ2v) is 6.13. The van der Waals surface area contributed by atoms with Crippen molar-refractivity contribution >= 4 is 23.5 Å². The molecule has 0 N–H and O–H groups in total. The molecule has 0 aliphatic carbocycles. The van der Waals surface area contributed by atoms with Gasteiger partial charge in [-0.2, -0.15) is 0 Å². The predicted molar refractivity (Wildman–Crippen MR) is 103 cm³/mol. The number of hydrogen-bond donors (Lipinski definition) is 0. The van der Waals surface area contributed by atoms with Gasteiger partial charge in [-0.1, -0.05) is 67.9 Å². The molecule has 0 aliphatic rings. The van der Waals surface area contributed by atoms with Crippen LogP contribution in [0.2, 0.25) is 5.02 Å². The lowest BCUT2D eigenvalue weighted by Crippen LogP contribution is -2.25. The third kappa shape index (κ3) is 5.33. The highest BCUT2D eigenvalue weighted by Crippen LogP contribution is 2.18. The molecule has 0 aromatic heterocycles. The van der Waals surface area contributed by atoms with E-state index in [1.54, 1.807) is 0 Å². The van der Waals surface area contributed by atoms with E-state index in [0.29, 0.717) is 5.02 Å². The third-order valence-corrected chi connectivity index (χ3v) is 4.38. The summed E-state index contributed by atoms with van der Waals surface area (Å²) in [6.07, 6.45) is 2.72. The van der Waals surface area contributed by atoms with Crippen molar-refractivity contribution < 1.29 is 4.79 Å². The van der Waals surface area contributed by atoms with Crippen molar-refractivity contribution in [2.24, 2.45) is 0 Å². The summed E-state index contributed by atoms with van der Waals surface area (Å²) < 4.78 is 0. The molecule has 2 aromatic rings. The van der Waals surface area contributed by atoms with E-state index >= 15 is 0 Å². The molecule has 0 amide bonds. The van der Waals surface area contributed by atoms with E-state index in [1.807, 2.05) is 60.7 Å². The molecule has 0 heterocycles. The Hall–Kier alpha value is -1.90. The first kappa shape index (κ1) is 18.4. The molecule has 126 valence electrons. The number of Topliss-reactive ketones (excluding diaryl/α,β-unsaturated/α-hetero) is 1. The zero-order valence-electron chi connectivity index (χ0n) is 14.3. The fourth-order valence-electron chi connectivity index (χ4n) is 2.60. The summed E-state index contributed by atoms with van der Waals surface area (Å²) in [5, 5.41) is 0.700. The Labute approximate surface area is 149 Å². The number of halogens is 1. The number of carbonyl (C=O) groups is 1. The van der Waals surface area contributed by atoms with Crippen molar-refractivity contribution in [3.8, 4) is 0 Å². The van der Waals surface area contributed by atoms with Gasteiger partial charge in [0.2, 0.25) is 0 Å². The van der Waals surface area contributed by atoms with Crippen LogP contribution in [0.3, 0.4) is 0 Å². The van der Waals surface area contributed by atoms with Crippen molar-refractivity contribution in [2.45, 2.75) is 20.3 Å². The lowest BCUT2D eigenvalue weighted by atomic mass is 9.98. The third-order valence-electron chi connectivity index (χ3n) is 4.13. The summed E-state index contributed by atoms with van der Waals surface area (Å²) >= 11 is 5.95. The Bertz CT molecular complexity index is 673. The fraction of sp³-hybridized carbons (Fsp3) is 0.286. The van der Waals surface area contributed by atoms with Gasteiger partial charge in [-0.25, -0.2) is 0 Å². The number of rotatable bonds is 8. The van der Waals surface area contributed by atoms with Crippen LogP contribution in [0.15, 0.2) is 60.2 Å². The molecular weight excluding hydrogens is 318 g/mol. The average Bonchev–Trinajstić information content (AvgIpc) is 2.63. The lowest BCUT2D eigenvalue weighted by Gasteiger charge is -2.18. The van der Waals surface area contributed by atoms with Crippen molar-refractivity contribution in [1.82, 2.24) is 4.90 Å². The van der Waals surface area contributed by atoms with Crippen LogP contribution in [0.1, 0.15) is 36.2 Å². The number of benzene rings is 2. The molecule has 2 rings (SSSR count). The monoisotopic (exact) mass is 341 g/mol. The molecule has 3 heteroatoms. The van der Waals surface area contributed by atoms with Gasteiger partial charge in [-0.15, -0.1) is 0 Å². The van der Waals surface area contributed by atoms with Crippen molar-refractivity contribution in [3.05, 3.63) is 76.3 Å². The maximum atomic E-state index is 12.9. The Kier molecular flexibility index (Phi) is 7.23. The maximum Gasteiger partial charge on any atom is 0.189 e. The van der Waals surface area contributed by atoms with Crippen LogP contribution in [0, 0.1) is 0 Å². The highest BCUT2D eigenvalue weighted by atomic mass is 35.5. The van der Waals surface area contributed by atoms with Crippen LogP contribution in [-0.4, -0.2) is 30.3 Å². The van der Waals surface area contributed by atoms with E-state index in [-0.39, 0.29) is 5.78 Å². The van der Waals surface area contributed by atoms with Gasteiger partial charge in [0.1, 0.15) is 0 Å². The number of nitrogens with zero attached hydrogens (tertiary/aromatic N) is 1. The van der Waals surface area contributed by atoms with Crippen molar-refractivity contribution in [1.29, 1.82) is 0 Å². The molecule has 0 saturated carbocycles. The van der Waals surface area contributed by atoms with Gasteiger partial charge in [0, 0.05) is 22.7 Å². The highest BCUT2D eigenvalue weighted by Gasteiger charge is 2.13. The molecule has 0 spiro atoms. The van der Waals surface area contributed by atoms with E-state index in [1.165, 1.54) is 0 Å². The standard InChI is InChI=1S/C21H24ClNO/c1-3-23(4-2)15-14-19(16-17-10-12-20(22)13-11-17)21(24)18-8-6-5-7-9-18/h5-13,16H,3-4,14-15H2,1-2H3. The molecule has 2 nitrogen and oxygen atoms in total. The molecule has 0 fully saturated rings. The first-order valence-electron chi connectivity index (χ1n) is 8.42. The Morgan fingerprint density at radius 2 is 1.62 bits per heavy atom. The average molecular weight is 342 g/mol. The van der Waals surface area contributed by atoms with E-state index in [2.05, 4.69) is 18.7 Å². The number of ketones is 1. The summed E-state index contributed by atoms with van der Waals surface area (Å²) in [5.41, 5.74) is 2.56. The van der Waals surface area contributed by atoms with Gasteiger partial charge in [-0.05, 0) is 43.3 Å². The molecule has 0 bridgehead atoms. The second-order valence-electron chi connectivity index (χ2n) is 5.69. The first-order chi connectivity index (χ1) is 11.6. The van der Waals surface area contributed by atoms with Gasteiger partial charge in [0.15, 0.2) is 5.78 Å². The minimum absolute atomic E-state index is 0.0951. The topological polar surface area (TPSA) is 20.3 Å². The van der Waals surface area contributed by atoms with Crippen LogP contribution in [0.5, 0.6) is 0 Å². The van der Waals surface area contributed by atoms with Crippen LogP contribution in [-0.2, 0) is 0 Å². The quantitative estimate of drug-likeness (QED) is 0.477. The summed E-state index contributed by atoms with van der Waals surface area (Å²) in [7, 11) is 0. The SMILES string of the molecule is CCN(CC)CCC(=Cc1ccc(Cl)cc1)C(=O)c1ccccc1. The van der Waals surface area contributed by atoms with E-state index in [0.717, 1.165) is 42.8 Å². The highest BCUT2D eigenvalue weighted by molar-refractivity contribution is 6.30. The zero-order chi connectivity index (χ0) is 17.4. The molecule has 24 heavy (non-hydrogen) atoms. The van der Waals surface area contributed by atoms with Crippen LogP contribution >= 0.6 is 11.6 Å². The summed E-state index contributed by atoms with van der Waals surface area (Å²) in [6.45, 7) is 7.15. The fourth-order valence-corrected chi connectivity index (χ4v) is 2.73. The first-order valence-corrected chi connectivity index (χ1v) is 8.80. The molecule has 0 atom stereocenters. The normalized spacial score (nSPS) is 11.8. The summed E-state index contributed by atoms with van der Waals surface area (Å²) in [4.78, 5) is 15.2. The molecule has 0 unspecified atom stereocenters. The molecule has 0 radical (unpaired) electrons. The van der Waals surface area contributed by atoms with Crippen LogP contribution < -0.4 is 0 Å². The number of hydrogen-bond acceptors (Lipinski definition) is 2. The van der Waals surface area contributed by atoms with E-state index in [9.17, 15) is 4.79 Å². The molecular formula is C21H24ClNO. The van der Waals surface area contributed by atoms with Crippen LogP contribution in [0.4, 0.5) is 0 Å².